The Hall–Kier alpha value is -1.94. The van der Waals surface area contributed by atoms with E-state index in [4.69, 9.17) is 4.74 Å². The van der Waals surface area contributed by atoms with E-state index in [1.165, 1.54) is 0 Å². The summed E-state index contributed by atoms with van der Waals surface area (Å²) in [6.07, 6.45) is 0.631. The summed E-state index contributed by atoms with van der Waals surface area (Å²) < 4.78 is 5.91. The molecule has 0 amide bonds. The van der Waals surface area contributed by atoms with Crippen molar-refractivity contribution in [3.05, 3.63) is 70.2 Å². The lowest BCUT2D eigenvalue weighted by atomic mass is 9.97. The van der Waals surface area contributed by atoms with Crippen molar-refractivity contribution in [3.63, 3.8) is 0 Å². The third-order valence-electron chi connectivity index (χ3n) is 3.41. The summed E-state index contributed by atoms with van der Waals surface area (Å²) >= 11 is 3.32. The van der Waals surface area contributed by atoms with Crippen LogP contribution in [0.3, 0.4) is 0 Å². The van der Waals surface area contributed by atoms with E-state index < -0.39 is 0 Å². The molecule has 0 saturated heterocycles. The second-order valence-electron chi connectivity index (χ2n) is 4.88. The van der Waals surface area contributed by atoms with Gasteiger partial charge in [-0.25, -0.2) is 0 Å². The van der Waals surface area contributed by atoms with E-state index in [0.717, 1.165) is 5.56 Å². The fourth-order valence-corrected chi connectivity index (χ4v) is 2.73. The van der Waals surface area contributed by atoms with Gasteiger partial charge < -0.3 is 4.74 Å². The van der Waals surface area contributed by atoms with Gasteiger partial charge in [0.15, 0.2) is 6.61 Å². The summed E-state index contributed by atoms with van der Waals surface area (Å²) in [6.45, 7) is 1.68. The molecular weight excluding hydrogens is 344 g/mol. The first-order valence-corrected chi connectivity index (χ1v) is 7.92. The van der Waals surface area contributed by atoms with Gasteiger partial charge in [0.25, 0.3) is 0 Å². The molecule has 0 saturated carbocycles. The summed E-state index contributed by atoms with van der Waals surface area (Å²) in [5.41, 5.74) is 1.42. The van der Waals surface area contributed by atoms with E-state index in [0.29, 0.717) is 16.5 Å². The van der Waals surface area contributed by atoms with E-state index in [1.54, 1.807) is 18.2 Å². The minimum Gasteiger partial charge on any atom is -0.457 e. The van der Waals surface area contributed by atoms with Gasteiger partial charge in [-0.1, -0.05) is 71.4 Å². The van der Waals surface area contributed by atoms with Crippen LogP contribution in [0.25, 0.3) is 0 Å². The van der Waals surface area contributed by atoms with Crippen LogP contribution in [0.4, 0.5) is 0 Å². The summed E-state index contributed by atoms with van der Waals surface area (Å²) in [7, 11) is 0. The van der Waals surface area contributed by atoms with Gasteiger partial charge in [-0.15, -0.1) is 0 Å². The smallest absolute Gasteiger partial charge is 0.313 e. The number of benzene rings is 2. The molecule has 0 aliphatic carbocycles. The Kier molecular flexibility index (Phi) is 5.90. The standard InChI is InChI=1S/C18H17BrO3/c1-2-14(13-8-4-3-5-9-13)18(21)22-12-17(20)15-10-6-7-11-16(15)19/h3-11,14H,2,12H2,1H3/t14-/m1/s1. The summed E-state index contributed by atoms with van der Waals surface area (Å²) in [5.74, 6) is -0.925. The van der Waals surface area contributed by atoms with Crippen molar-refractivity contribution < 1.29 is 14.3 Å². The van der Waals surface area contributed by atoms with Crippen LogP contribution in [-0.2, 0) is 9.53 Å². The number of hydrogen-bond acceptors (Lipinski definition) is 3. The van der Waals surface area contributed by atoms with E-state index in [9.17, 15) is 9.59 Å². The van der Waals surface area contributed by atoms with Crippen LogP contribution in [0.2, 0.25) is 0 Å². The van der Waals surface area contributed by atoms with Crippen LogP contribution in [-0.4, -0.2) is 18.4 Å². The highest BCUT2D eigenvalue weighted by Crippen LogP contribution is 2.21. The first kappa shape index (κ1) is 16.4. The second kappa shape index (κ2) is 7.90. The number of esters is 1. The van der Waals surface area contributed by atoms with Gasteiger partial charge in [0.2, 0.25) is 5.78 Å². The van der Waals surface area contributed by atoms with Crippen LogP contribution in [0.5, 0.6) is 0 Å². The quantitative estimate of drug-likeness (QED) is 0.567. The van der Waals surface area contributed by atoms with E-state index in [1.807, 2.05) is 43.3 Å². The van der Waals surface area contributed by atoms with Crippen LogP contribution >= 0.6 is 15.9 Å². The van der Waals surface area contributed by atoms with Gasteiger partial charge in [-0.3, -0.25) is 9.59 Å². The SMILES string of the molecule is CC[C@@H](C(=O)OCC(=O)c1ccccc1Br)c1ccccc1. The number of carbonyl (C=O) groups is 2. The molecule has 0 aliphatic heterocycles. The van der Waals surface area contributed by atoms with Crippen molar-refractivity contribution >= 4 is 27.7 Å². The molecule has 114 valence electrons. The monoisotopic (exact) mass is 360 g/mol. The van der Waals surface area contributed by atoms with Crippen LogP contribution < -0.4 is 0 Å². The van der Waals surface area contributed by atoms with Crippen molar-refractivity contribution in [2.75, 3.05) is 6.61 Å². The Morgan fingerprint density at radius 3 is 2.32 bits per heavy atom. The third kappa shape index (κ3) is 4.04. The van der Waals surface area contributed by atoms with Gasteiger partial charge in [-0.05, 0) is 18.1 Å². The van der Waals surface area contributed by atoms with E-state index >= 15 is 0 Å². The molecule has 0 spiro atoms. The number of rotatable bonds is 6. The van der Waals surface area contributed by atoms with E-state index in [-0.39, 0.29) is 24.3 Å². The lowest BCUT2D eigenvalue weighted by Crippen LogP contribution is -2.20. The Balaban J connectivity index is 2.00. The molecule has 0 N–H and O–H groups in total. The molecule has 22 heavy (non-hydrogen) atoms. The number of halogens is 1. The van der Waals surface area contributed by atoms with Crippen molar-refractivity contribution in [2.24, 2.45) is 0 Å². The summed E-state index contributed by atoms with van der Waals surface area (Å²) in [4.78, 5) is 24.3. The van der Waals surface area contributed by atoms with Crippen molar-refractivity contribution in [2.45, 2.75) is 19.3 Å². The average Bonchev–Trinajstić information content (AvgIpc) is 2.55. The topological polar surface area (TPSA) is 43.4 Å². The van der Waals surface area contributed by atoms with Crippen LogP contribution in [0, 0.1) is 0 Å². The average molecular weight is 361 g/mol. The number of carbonyl (C=O) groups excluding carboxylic acids is 2. The number of hydrogen-bond donors (Lipinski definition) is 0. The van der Waals surface area contributed by atoms with Crippen molar-refractivity contribution in [3.8, 4) is 0 Å². The number of ether oxygens (including phenoxy) is 1. The molecular formula is C18H17BrO3. The molecule has 2 rings (SSSR count). The fourth-order valence-electron chi connectivity index (χ4n) is 2.23. The number of ketones is 1. The molecule has 2 aromatic rings. The van der Waals surface area contributed by atoms with Crippen LogP contribution in [0.1, 0.15) is 35.2 Å². The lowest BCUT2D eigenvalue weighted by Gasteiger charge is -2.14. The fraction of sp³-hybridized carbons (Fsp3) is 0.222. The van der Waals surface area contributed by atoms with Gasteiger partial charge in [0.05, 0.1) is 5.92 Å². The first-order valence-electron chi connectivity index (χ1n) is 7.12. The zero-order valence-corrected chi connectivity index (χ0v) is 13.9. The second-order valence-corrected chi connectivity index (χ2v) is 5.74. The highest BCUT2D eigenvalue weighted by molar-refractivity contribution is 9.10. The van der Waals surface area contributed by atoms with Gasteiger partial charge in [0, 0.05) is 10.0 Å². The first-order chi connectivity index (χ1) is 10.6. The molecule has 0 bridgehead atoms. The molecule has 4 heteroatoms. The maximum atomic E-state index is 12.2. The Morgan fingerprint density at radius 2 is 1.68 bits per heavy atom. The normalized spacial score (nSPS) is 11.7. The van der Waals surface area contributed by atoms with Crippen molar-refractivity contribution in [1.29, 1.82) is 0 Å². The van der Waals surface area contributed by atoms with E-state index in [2.05, 4.69) is 15.9 Å². The van der Waals surface area contributed by atoms with Crippen LogP contribution in [0.15, 0.2) is 59.1 Å². The zero-order valence-electron chi connectivity index (χ0n) is 12.3. The maximum absolute atomic E-state index is 12.2. The molecule has 2 aromatic carbocycles. The highest BCUT2D eigenvalue weighted by Gasteiger charge is 2.21. The minimum atomic E-state index is -0.367. The van der Waals surface area contributed by atoms with Crippen molar-refractivity contribution in [1.82, 2.24) is 0 Å². The molecule has 0 fully saturated rings. The molecule has 1 atom stereocenters. The molecule has 0 heterocycles. The lowest BCUT2D eigenvalue weighted by molar-refractivity contribution is -0.144. The third-order valence-corrected chi connectivity index (χ3v) is 4.11. The largest absolute Gasteiger partial charge is 0.457 e. The van der Waals surface area contributed by atoms with Gasteiger partial charge in [0.1, 0.15) is 0 Å². The zero-order chi connectivity index (χ0) is 15.9. The number of Topliss-reactive ketones (excluding diaryl/α,β-unsaturated/α-hetero) is 1. The molecule has 0 aliphatic rings. The highest BCUT2D eigenvalue weighted by atomic mass is 79.9. The predicted octanol–water partition coefficient (Wildman–Crippen LogP) is 4.37. The summed E-state index contributed by atoms with van der Waals surface area (Å²) in [6, 6.07) is 16.6. The Labute approximate surface area is 138 Å². The summed E-state index contributed by atoms with van der Waals surface area (Å²) in [5, 5.41) is 0. The van der Waals surface area contributed by atoms with Gasteiger partial charge in [-0.2, -0.15) is 0 Å². The molecule has 0 aromatic heterocycles. The maximum Gasteiger partial charge on any atom is 0.313 e. The molecule has 3 nitrogen and oxygen atoms in total. The minimum absolute atomic E-state index is 0.219. The Morgan fingerprint density at radius 1 is 1.05 bits per heavy atom. The van der Waals surface area contributed by atoms with Gasteiger partial charge >= 0.3 is 5.97 Å². The predicted molar refractivity (Wildman–Crippen MR) is 88.9 cm³/mol. The molecule has 0 unspecified atom stereocenters. The Bertz CT molecular complexity index is 652. The molecule has 0 radical (unpaired) electrons.